The summed E-state index contributed by atoms with van der Waals surface area (Å²) in [5.74, 6) is 0. The van der Waals surface area contributed by atoms with Crippen molar-refractivity contribution < 1.29 is 0 Å². The topological polar surface area (TPSA) is 14.1 Å². The molecule has 0 saturated heterocycles. The zero-order chi connectivity index (χ0) is 12.5. The fourth-order valence-electron chi connectivity index (χ4n) is 2.39. The molecule has 89 valence electrons. The van der Waals surface area contributed by atoms with Crippen LogP contribution < -0.4 is 5.32 Å². The van der Waals surface area contributed by atoms with Crippen LogP contribution in [0.15, 0.2) is 54.6 Å². The molecule has 3 aromatic carbocycles. The van der Waals surface area contributed by atoms with Crippen molar-refractivity contribution in [3.05, 3.63) is 54.6 Å². The molecule has 1 heteroatoms. The van der Waals surface area contributed by atoms with Crippen LogP contribution in [0.4, 0.5) is 5.69 Å². The van der Waals surface area contributed by atoms with Crippen molar-refractivity contribution in [1.82, 2.24) is 5.32 Å². The van der Waals surface area contributed by atoms with Gasteiger partial charge in [-0.2, -0.15) is 0 Å². The van der Waals surface area contributed by atoms with Crippen molar-refractivity contribution in [3.8, 4) is 0 Å². The Morgan fingerprint density at radius 1 is 0.778 bits per heavy atom. The molecule has 3 rings (SSSR count). The van der Waals surface area contributed by atoms with Crippen molar-refractivity contribution in [1.29, 1.82) is 0 Å². The zero-order valence-corrected chi connectivity index (χ0v) is 10.7. The van der Waals surface area contributed by atoms with Gasteiger partial charge in [0.05, 0.1) is 5.69 Å². The van der Waals surface area contributed by atoms with Gasteiger partial charge in [0.15, 0.2) is 0 Å². The minimum Gasteiger partial charge on any atom is -0.281 e. The smallest absolute Gasteiger partial charge is 0.0734 e. The highest BCUT2D eigenvalue weighted by atomic mass is 14.9. The normalized spacial score (nSPS) is 11.3. The molecular weight excluding hydrogens is 218 g/mol. The zero-order valence-electron chi connectivity index (χ0n) is 10.7. The highest BCUT2D eigenvalue weighted by Crippen LogP contribution is 2.33. The molecule has 1 nitrogen and oxygen atoms in total. The lowest BCUT2D eigenvalue weighted by Gasteiger charge is -2.13. The Morgan fingerprint density at radius 2 is 1.28 bits per heavy atom. The van der Waals surface area contributed by atoms with Crippen molar-refractivity contribution in [2.45, 2.75) is 19.9 Å². The lowest BCUT2D eigenvalue weighted by Crippen LogP contribution is -2.09. The maximum Gasteiger partial charge on any atom is 0.0734 e. The average molecular weight is 234 g/mol. The van der Waals surface area contributed by atoms with Crippen molar-refractivity contribution in [2.75, 3.05) is 0 Å². The molecule has 0 amide bonds. The Hall–Kier alpha value is -2.02. The Bertz CT molecular complexity index is 644. The van der Waals surface area contributed by atoms with Crippen molar-refractivity contribution >= 4 is 27.2 Å². The molecule has 0 spiro atoms. The molecule has 0 aliphatic rings. The van der Waals surface area contributed by atoms with E-state index in [9.17, 15) is 0 Å². The Balaban J connectivity index is 2.41. The molecule has 0 atom stereocenters. The third kappa shape index (κ3) is 1.82. The first kappa shape index (κ1) is 11.1. The molecule has 0 heterocycles. The molecular formula is C17H16N. The largest absolute Gasteiger partial charge is 0.281 e. The van der Waals surface area contributed by atoms with E-state index in [1.54, 1.807) is 0 Å². The molecule has 18 heavy (non-hydrogen) atoms. The third-order valence-electron chi connectivity index (χ3n) is 3.13. The molecule has 0 aromatic heterocycles. The average Bonchev–Trinajstić information content (AvgIpc) is 2.38. The quantitative estimate of drug-likeness (QED) is 0.574. The van der Waals surface area contributed by atoms with Crippen LogP contribution in [0.3, 0.4) is 0 Å². The SMILES string of the molecule is CC(C)[N]c1c2ccccc2cc2ccccc12. The first-order valence-electron chi connectivity index (χ1n) is 6.37. The summed E-state index contributed by atoms with van der Waals surface area (Å²) in [5.41, 5.74) is 1.12. The number of nitrogens with zero attached hydrogens (tertiary/aromatic N) is 1. The lowest BCUT2D eigenvalue weighted by molar-refractivity contribution is 0.704. The highest BCUT2D eigenvalue weighted by molar-refractivity contribution is 6.09. The van der Waals surface area contributed by atoms with Crippen LogP contribution in [0.2, 0.25) is 0 Å². The van der Waals surface area contributed by atoms with Crippen LogP contribution in [0.1, 0.15) is 13.8 Å². The molecule has 1 radical (unpaired) electrons. The van der Waals surface area contributed by atoms with E-state index >= 15 is 0 Å². The molecule has 0 unspecified atom stereocenters. The van der Waals surface area contributed by atoms with E-state index in [-0.39, 0.29) is 0 Å². The van der Waals surface area contributed by atoms with Crippen LogP contribution in [0.25, 0.3) is 21.5 Å². The number of hydrogen-bond donors (Lipinski definition) is 0. The maximum atomic E-state index is 4.82. The van der Waals surface area contributed by atoms with E-state index in [0.717, 1.165) is 5.69 Å². The van der Waals surface area contributed by atoms with Gasteiger partial charge in [-0.1, -0.05) is 48.5 Å². The summed E-state index contributed by atoms with van der Waals surface area (Å²) < 4.78 is 0. The van der Waals surface area contributed by atoms with Gasteiger partial charge < -0.3 is 0 Å². The Morgan fingerprint density at radius 3 is 1.78 bits per heavy atom. The van der Waals surface area contributed by atoms with E-state index in [0.29, 0.717) is 6.04 Å². The second kappa shape index (κ2) is 4.34. The predicted octanol–water partition coefficient (Wildman–Crippen LogP) is 4.64. The molecule has 0 saturated carbocycles. The summed E-state index contributed by atoms with van der Waals surface area (Å²) in [4.78, 5) is 0. The number of benzene rings is 3. The second-order valence-corrected chi connectivity index (χ2v) is 4.89. The Kier molecular flexibility index (Phi) is 2.67. The van der Waals surface area contributed by atoms with Gasteiger partial charge in [-0.25, -0.2) is 0 Å². The number of rotatable bonds is 2. The summed E-state index contributed by atoms with van der Waals surface area (Å²) in [7, 11) is 0. The maximum absolute atomic E-state index is 4.82. The van der Waals surface area contributed by atoms with E-state index < -0.39 is 0 Å². The molecule has 0 bridgehead atoms. The Labute approximate surface area is 107 Å². The van der Waals surface area contributed by atoms with Crippen molar-refractivity contribution in [2.24, 2.45) is 0 Å². The molecule has 0 fully saturated rings. The first-order chi connectivity index (χ1) is 8.75. The lowest BCUT2D eigenvalue weighted by atomic mass is 10.0. The standard InChI is InChI=1S/C17H16N/c1-12(2)18-17-15-9-5-3-7-13(15)11-14-8-4-6-10-16(14)17/h3-12H,1-2H3. The van der Waals surface area contributed by atoms with Gasteiger partial charge in [-0.15, -0.1) is 0 Å². The fraction of sp³-hybridized carbons (Fsp3) is 0.176. The third-order valence-corrected chi connectivity index (χ3v) is 3.13. The summed E-state index contributed by atoms with van der Waals surface area (Å²) in [6.45, 7) is 4.24. The summed E-state index contributed by atoms with van der Waals surface area (Å²) in [5, 5.41) is 9.82. The summed E-state index contributed by atoms with van der Waals surface area (Å²) >= 11 is 0. The molecule has 0 aliphatic carbocycles. The number of fused-ring (bicyclic) bond motifs is 2. The van der Waals surface area contributed by atoms with Crippen LogP contribution in [-0.4, -0.2) is 6.04 Å². The summed E-state index contributed by atoms with van der Waals surface area (Å²) in [6.07, 6.45) is 0. The van der Waals surface area contributed by atoms with E-state index in [1.165, 1.54) is 21.5 Å². The van der Waals surface area contributed by atoms with Crippen LogP contribution in [0.5, 0.6) is 0 Å². The minimum atomic E-state index is 0.305. The van der Waals surface area contributed by atoms with E-state index in [4.69, 9.17) is 5.32 Å². The van der Waals surface area contributed by atoms with Gasteiger partial charge in [0.25, 0.3) is 0 Å². The minimum absolute atomic E-state index is 0.305. The molecule has 3 aromatic rings. The molecule has 0 aliphatic heterocycles. The second-order valence-electron chi connectivity index (χ2n) is 4.89. The summed E-state index contributed by atoms with van der Waals surface area (Å²) in [6, 6.07) is 19.5. The highest BCUT2D eigenvalue weighted by Gasteiger charge is 2.09. The van der Waals surface area contributed by atoms with E-state index in [2.05, 4.69) is 68.4 Å². The first-order valence-corrected chi connectivity index (χ1v) is 6.37. The van der Waals surface area contributed by atoms with Gasteiger partial charge in [-0.3, -0.25) is 5.32 Å². The predicted molar refractivity (Wildman–Crippen MR) is 78.4 cm³/mol. The molecule has 0 N–H and O–H groups in total. The van der Waals surface area contributed by atoms with Gasteiger partial charge in [0.1, 0.15) is 0 Å². The van der Waals surface area contributed by atoms with Gasteiger partial charge in [0, 0.05) is 16.8 Å². The van der Waals surface area contributed by atoms with Crippen LogP contribution >= 0.6 is 0 Å². The monoisotopic (exact) mass is 234 g/mol. The van der Waals surface area contributed by atoms with Crippen LogP contribution in [0, 0.1) is 0 Å². The van der Waals surface area contributed by atoms with Gasteiger partial charge in [-0.05, 0) is 30.7 Å². The van der Waals surface area contributed by atoms with Gasteiger partial charge >= 0.3 is 0 Å². The fourth-order valence-corrected chi connectivity index (χ4v) is 2.39. The van der Waals surface area contributed by atoms with Crippen molar-refractivity contribution in [3.63, 3.8) is 0 Å². The van der Waals surface area contributed by atoms with Gasteiger partial charge in [0.2, 0.25) is 0 Å². The van der Waals surface area contributed by atoms with Crippen LogP contribution in [-0.2, 0) is 0 Å². The number of hydrogen-bond acceptors (Lipinski definition) is 0. The van der Waals surface area contributed by atoms with E-state index in [1.807, 2.05) is 0 Å².